The predicted molar refractivity (Wildman–Crippen MR) is 54.5 cm³/mol. The van der Waals surface area contributed by atoms with Crippen molar-refractivity contribution in [2.75, 3.05) is 24.7 Å². The molecule has 1 aliphatic rings. The van der Waals surface area contributed by atoms with E-state index in [0.29, 0.717) is 0 Å². The molecule has 1 saturated heterocycles. The second-order valence-electron chi connectivity index (χ2n) is 2.91. The lowest BCUT2D eigenvalue weighted by Gasteiger charge is -2.10. The van der Waals surface area contributed by atoms with Crippen molar-refractivity contribution in [1.29, 1.82) is 0 Å². The SMILES string of the molecule is C=COCCCNC1CCSC1. The van der Waals surface area contributed by atoms with Crippen molar-refractivity contribution in [3.05, 3.63) is 12.8 Å². The van der Waals surface area contributed by atoms with Gasteiger partial charge in [-0.15, -0.1) is 0 Å². The summed E-state index contributed by atoms with van der Waals surface area (Å²) in [6, 6.07) is 0.749. The van der Waals surface area contributed by atoms with E-state index in [2.05, 4.69) is 11.9 Å². The zero-order valence-corrected chi connectivity index (χ0v) is 8.24. The van der Waals surface area contributed by atoms with Gasteiger partial charge in [0.25, 0.3) is 0 Å². The van der Waals surface area contributed by atoms with Crippen LogP contribution in [-0.2, 0) is 4.74 Å². The topological polar surface area (TPSA) is 21.3 Å². The van der Waals surface area contributed by atoms with E-state index in [9.17, 15) is 0 Å². The van der Waals surface area contributed by atoms with Crippen LogP contribution < -0.4 is 5.32 Å². The maximum absolute atomic E-state index is 5.02. The molecule has 0 aromatic heterocycles. The number of rotatable bonds is 6. The molecule has 1 rings (SSSR count). The fourth-order valence-electron chi connectivity index (χ4n) is 1.24. The summed E-state index contributed by atoms with van der Waals surface area (Å²) in [4.78, 5) is 0. The number of ether oxygens (including phenoxy) is 1. The average Bonchev–Trinajstić information content (AvgIpc) is 2.57. The van der Waals surface area contributed by atoms with Crippen LogP contribution in [0.15, 0.2) is 12.8 Å². The summed E-state index contributed by atoms with van der Waals surface area (Å²) in [5, 5.41) is 3.51. The van der Waals surface area contributed by atoms with Crippen LogP contribution in [0.3, 0.4) is 0 Å². The van der Waals surface area contributed by atoms with Crippen molar-refractivity contribution >= 4 is 11.8 Å². The first-order valence-corrected chi connectivity index (χ1v) is 5.62. The van der Waals surface area contributed by atoms with Crippen LogP contribution in [0.4, 0.5) is 0 Å². The van der Waals surface area contributed by atoms with Crippen molar-refractivity contribution < 1.29 is 4.74 Å². The number of thioether (sulfide) groups is 1. The fourth-order valence-corrected chi connectivity index (χ4v) is 2.43. The van der Waals surface area contributed by atoms with Crippen molar-refractivity contribution in [3.8, 4) is 0 Å². The summed E-state index contributed by atoms with van der Waals surface area (Å²) in [6.07, 6.45) is 3.91. The molecule has 1 heterocycles. The first-order chi connectivity index (χ1) is 5.93. The molecule has 0 bridgehead atoms. The van der Waals surface area contributed by atoms with Crippen LogP contribution in [0, 0.1) is 0 Å². The summed E-state index contributed by atoms with van der Waals surface area (Å²) in [5.74, 6) is 2.60. The molecule has 1 N–H and O–H groups in total. The van der Waals surface area contributed by atoms with E-state index >= 15 is 0 Å². The Balaban J connectivity index is 1.84. The molecule has 0 aliphatic carbocycles. The van der Waals surface area contributed by atoms with Gasteiger partial charge in [0.15, 0.2) is 0 Å². The third-order valence-electron chi connectivity index (χ3n) is 1.92. The molecule has 1 atom stereocenters. The van der Waals surface area contributed by atoms with Gasteiger partial charge in [0.2, 0.25) is 0 Å². The maximum atomic E-state index is 5.02. The van der Waals surface area contributed by atoms with Gasteiger partial charge in [-0.25, -0.2) is 0 Å². The molecule has 0 spiro atoms. The summed E-state index contributed by atoms with van der Waals surface area (Å²) >= 11 is 2.04. The molecule has 70 valence electrons. The molecule has 3 heteroatoms. The van der Waals surface area contributed by atoms with Crippen LogP contribution in [0.25, 0.3) is 0 Å². The zero-order chi connectivity index (χ0) is 8.65. The van der Waals surface area contributed by atoms with E-state index in [4.69, 9.17) is 4.74 Å². The van der Waals surface area contributed by atoms with Crippen LogP contribution in [0.5, 0.6) is 0 Å². The van der Waals surface area contributed by atoms with Gasteiger partial charge in [-0.05, 0) is 25.1 Å². The first-order valence-electron chi connectivity index (χ1n) is 4.47. The third-order valence-corrected chi connectivity index (χ3v) is 3.08. The van der Waals surface area contributed by atoms with E-state index in [1.807, 2.05) is 11.8 Å². The lowest BCUT2D eigenvalue weighted by molar-refractivity contribution is 0.243. The highest BCUT2D eigenvalue weighted by atomic mass is 32.2. The second-order valence-corrected chi connectivity index (χ2v) is 4.06. The largest absolute Gasteiger partial charge is 0.502 e. The van der Waals surface area contributed by atoms with Gasteiger partial charge in [-0.2, -0.15) is 11.8 Å². The average molecular weight is 187 g/mol. The van der Waals surface area contributed by atoms with Gasteiger partial charge in [0.1, 0.15) is 0 Å². The maximum Gasteiger partial charge on any atom is 0.0885 e. The Bertz CT molecular complexity index is 124. The Morgan fingerprint density at radius 1 is 1.67 bits per heavy atom. The van der Waals surface area contributed by atoms with E-state index in [0.717, 1.165) is 25.6 Å². The molecule has 0 radical (unpaired) electrons. The van der Waals surface area contributed by atoms with E-state index < -0.39 is 0 Å². The fraction of sp³-hybridized carbons (Fsp3) is 0.778. The van der Waals surface area contributed by atoms with Crippen molar-refractivity contribution in [1.82, 2.24) is 5.32 Å². The Kier molecular flexibility index (Phi) is 5.28. The third kappa shape index (κ3) is 4.02. The van der Waals surface area contributed by atoms with Crippen molar-refractivity contribution in [3.63, 3.8) is 0 Å². The van der Waals surface area contributed by atoms with Crippen LogP contribution in [0.1, 0.15) is 12.8 Å². The summed E-state index contributed by atoms with van der Waals surface area (Å²) in [5.41, 5.74) is 0. The molecule has 0 amide bonds. The molecule has 0 aromatic rings. The highest BCUT2D eigenvalue weighted by Gasteiger charge is 2.13. The molecule has 12 heavy (non-hydrogen) atoms. The molecule has 1 unspecified atom stereocenters. The molecule has 2 nitrogen and oxygen atoms in total. The minimum Gasteiger partial charge on any atom is -0.502 e. The van der Waals surface area contributed by atoms with E-state index in [1.165, 1.54) is 24.2 Å². The minimum absolute atomic E-state index is 0.749. The highest BCUT2D eigenvalue weighted by Crippen LogP contribution is 2.16. The Morgan fingerprint density at radius 3 is 3.25 bits per heavy atom. The number of hydrogen-bond donors (Lipinski definition) is 1. The standard InChI is InChI=1S/C9H17NOS/c1-2-11-6-3-5-10-9-4-7-12-8-9/h2,9-10H,1,3-8H2. The van der Waals surface area contributed by atoms with Gasteiger partial charge in [0, 0.05) is 11.8 Å². The van der Waals surface area contributed by atoms with Gasteiger partial charge in [0.05, 0.1) is 12.9 Å². The highest BCUT2D eigenvalue weighted by molar-refractivity contribution is 7.99. The minimum atomic E-state index is 0.749. The monoisotopic (exact) mass is 187 g/mol. The molecule has 1 fully saturated rings. The van der Waals surface area contributed by atoms with Crippen LogP contribution in [-0.4, -0.2) is 30.7 Å². The van der Waals surface area contributed by atoms with E-state index in [-0.39, 0.29) is 0 Å². The van der Waals surface area contributed by atoms with Gasteiger partial charge < -0.3 is 10.1 Å². The first kappa shape index (κ1) is 9.93. The predicted octanol–water partition coefficient (Wildman–Crippen LogP) is 1.63. The number of nitrogens with one attached hydrogen (secondary N) is 1. The molecule has 0 saturated carbocycles. The summed E-state index contributed by atoms with van der Waals surface area (Å²) in [7, 11) is 0. The van der Waals surface area contributed by atoms with E-state index in [1.54, 1.807) is 0 Å². The van der Waals surface area contributed by atoms with Gasteiger partial charge in [-0.1, -0.05) is 6.58 Å². The Labute approximate surface area is 78.7 Å². The quantitative estimate of drug-likeness (QED) is 0.504. The Hall–Kier alpha value is -0.150. The Morgan fingerprint density at radius 2 is 2.58 bits per heavy atom. The molecular formula is C9H17NOS. The lowest BCUT2D eigenvalue weighted by Crippen LogP contribution is -2.29. The summed E-state index contributed by atoms with van der Waals surface area (Å²) < 4.78 is 5.02. The lowest BCUT2D eigenvalue weighted by atomic mass is 10.2. The van der Waals surface area contributed by atoms with Gasteiger partial charge >= 0.3 is 0 Å². The van der Waals surface area contributed by atoms with Gasteiger partial charge in [-0.3, -0.25) is 0 Å². The second kappa shape index (κ2) is 6.38. The zero-order valence-electron chi connectivity index (χ0n) is 7.42. The normalized spacial score (nSPS) is 22.5. The van der Waals surface area contributed by atoms with Crippen LogP contribution >= 0.6 is 11.8 Å². The smallest absolute Gasteiger partial charge is 0.0885 e. The van der Waals surface area contributed by atoms with Crippen molar-refractivity contribution in [2.24, 2.45) is 0 Å². The summed E-state index contributed by atoms with van der Waals surface area (Å²) in [6.45, 7) is 5.35. The molecular weight excluding hydrogens is 170 g/mol. The van der Waals surface area contributed by atoms with Crippen LogP contribution in [0.2, 0.25) is 0 Å². The number of hydrogen-bond acceptors (Lipinski definition) is 3. The van der Waals surface area contributed by atoms with Crippen molar-refractivity contribution in [2.45, 2.75) is 18.9 Å². The molecule has 1 aliphatic heterocycles. The molecule has 0 aromatic carbocycles.